The van der Waals surface area contributed by atoms with Crippen LogP contribution < -0.4 is 4.74 Å². The van der Waals surface area contributed by atoms with Gasteiger partial charge in [-0.25, -0.2) is 4.39 Å². The monoisotopic (exact) mass is 261 g/mol. The molecule has 0 atom stereocenters. The number of nitrogens with zero attached hydrogens (tertiary/aromatic N) is 1. The van der Waals surface area contributed by atoms with Crippen LogP contribution >= 0.6 is 11.6 Å². The zero-order valence-corrected chi connectivity index (χ0v) is 10.1. The second kappa shape index (κ2) is 5.52. The molecule has 2 rings (SSSR count). The van der Waals surface area contributed by atoms with Crippen molar-refractivity contribution >= 4 is 11.6 Å². The summed E-state index contributed by atoms with van der Waals surface area (Å²) in [6, 6.07) is 12.8. The number of rotatable bonds is 3. The second-order valence-electron chi connectivity index (χ2n) is 3.66. The van der Waals surface area contributed by atoms with Crippen LogP contribution in [0.15, 0.2) is 42.5 Å². The Morgan fingerprint density at radius 2 is 1.89 bits per heavy atom. The molecule has 0 saturated heterocycles. The van der Waals surface area contributed by atoms with Gasteiger partial charge in [-0.05, 0) is 42.0 Å². The molecule has 0 bridgehead atoms. The summed E-state index contributed by atoms with van der Waals surface area (Å²) < 4.78 is 18.3. The van der Waals surface area contributed by atoms with Crippen molar-refractivity contribution in [3.8, 4) is 17.6 Å². The zero-order chi connectivity index (χ0) is 13.0. The molecule has 90 valence electrons. The highest BCUT2D eigenvalue weighted by molar-refractivity contribution is 6.32. The lowest BCUT2D eigenvalue weighted by Crippen LogP contribution is -1.88. The molecule has 0 saturated carbocycles. The van der Waals surface area contributed by atoms with Crippen LogP contribution in [0.3, 0.4) is 0 Å². The van der Waals surface area contributed by atoms with E-state index in [1.54, 1.807) is 18.2 Å². The van der Waals surface area contributed by atoms with Gasteiger partial charge in [0.15, 0.2) is 0 Å². The molecule has 0 heterocycles. The van der Waals surface area contributed by atoms with Gasteiger partial charge in [-0.3, -0.25) is 0 Å². The first-order valence-electron chi connectivity index (χ1n) is 5.28. The Balaban J connectivity index is 2.25. The van der Waals surface area contributed by atoms with Crippen molar-refractivity contribution in [2.75, 3.05) is 0 Å². The average Bonchev–Trinajstić information content (AvgIpc) is 2.36. The van der Waals surface area contributed by atoms with E-state index in [4.69, 9.17) is 21.6 Å². The van der Waals surface area contributed by atoms with E-state index < -0.39 is 0 Å². The van der Waals surface area contributed by atoms with Gasteiger partial charge in [-0.2, -0.15) is 5.26 Å². The van der Waals surface area contributed by atoms with Crippen molar-refractivity contribution in [3.63, 3.8) is 0 Å². The number of hydrogen-bond acceptors (Lipinski definition) is 2. The molecule has 0 fully saturated rings. The van der Waals surface area contributed by atoms with Gasteiger partial charge in [0.05, 0.1) is 17.5 Å². The van der Waals surface area contributed by atoms with Crippen molar-refractivity contribution in [1.29, 1.82) is 5.26 Å². The Kier molecular flexibility index (Phi) is 3.81. The van der Waals surface area contributed by atoms with Gasteiger partial charge in [-0.15, -0.1) is 0 Å². The molecule has 0 N–H and O–H groups in total. The lowest BCUT2D eigenvalue weighted by atomic mass is 10.1. The van der Waals surface area contributed by atoms with Gasteiger partial charge in [0, 0.05) is 0 Å². The van der Waals surface area contributed by atoms with Crippen LogP contribution in [0.5, 0.6) is 11.5 Å². The number of ether oxygens (including phenoxy) is 1. The normalized spacial score (nSPS) is 9.83. The Morgan fingerprint density at radius 1 is 1.17 bits per heavy atom. The molecule has 0 radical (unpaired) electrons. The highest BCUT2D eigenvalue weighted by Crippen LogP contribution is 2.30. The van der Waals surface area contributed by atoms with Gasteiger partial charge in [0.25, 0.3) is 0 Å². The predicted molar refractivity (Wildman–Crippen MR) is 67.2 cm³/mol. The molecule has 0 amide bonds. The van der Waals surface area contributed by atoms with Crippen LogP contribution in [0, 0.1) is 17.1 Å². The third kappa shape index (κ3) is 2.99. The molecule has 18 heavy (non-hydrogen) atoms. The molecule has 0 aliphatic carbocycles. The number of hydrogen-bond donors (Lipinski definition) is 0. The lowest BCUT2D eigenvalue weighted by molar-refractivity contribution is 0.480. The highest BCUT2D eigenvalue weighted by atomic mass is 35.5. The fourth-order valence-corrected chi connectivity index (χ4v) is 1.61. The minimum atomic E-state index is -0.327. The van der Waals surface area contributed by atoms with E-state index in [2.05, 4.69) is 6.07 Å². The van der Waals surface area contributed by atoms with Crippen LogP contribution in [0.1, 0.15) is 5.56 Å². The second-order valence-corrected chi connectivity index (χ2v) is 4.06. The zero-order valence-electron chi connectivity index (χ0n) is 9.36. The predicted octanol–water partition coefficient (Wildman–Crippen LogP) is 4.34. The number of benzene rings is 2. The first-order chi connectivity index (χ1) is 8.69. The molecular weight excluding hydrogens is 253 g/mol. The van der Waals surface area contributed by atoms with Gasteiger partial charge < -0.3 is 4.74 Å². The van der Waals surface area contributed by atoms with E-state index in [1.807, 2.05) is 0 Å². The van der Waals surface area contributed by atoms with Crippen LogP contribution in [-0.4, -0.2) is 0 Å². The summed E-state index contributed by atoms with van der Waals surface area (Å²) in [5.74, 6) is 0.620. The van der Waals surface area contributed by atoms with E-state index in [9.17, 15) is 4.39 Å². The van der Waals surface area contributed by atoms with Crippen LogP contribution in [0.2, 0.25) is 5.02 Å². The topological polar surface area (TPSA) is 33.0 Å². The fourth-order valence-electron chi connectivity index (χ4n) is 1.46. The van der Waals surface area contributed by atoms with Crippen LogP contribution in [0.25, 0.3) is 0 Å². The fraction of sp³-hybridized carbons (Fsp3) is 0.0714. The van der Waals surface area contributed by atoms with Gasteiger partial charge in [0.1, 0.15) is 17.3 Å². The summed E-state index contributed by atoms with van der Waals surface area (Å²) in [6.07, 6.45) is 0.289. The maximum absolute atomic E-state index is 12.8. The smallest absolute Gasteiger partial charge is 0.146 e. The Morgan fingerprint density at radius 3 is 2.56 bits per heavy atom. The molecular formula is C14H9ClFNO. The van der Waals surface area contributed by atoms with E-state index in [0.29, 0.717) is 16.5 Å². The molecule has 0 aliphatic rings. The molecule has 0 spiro atoms. The maximum Gasteiger partial charge on any atom is 0.146 e. The van der Waals surface area contributed by atoms with Crippen LogP contribution in [-0.2, 0) is 6.42 Å². The molecule has 0 aliphatic heterocycles. The third-order valence-electron chi connectivity index (χ3n) is 2.32. The summed E-state index contributed by atoms with van der Waals surface area (Å²) in [7, 11) is 0. The number of halogens is 2. The molecule has 2 nitrogen and oxygen atoms in total. The SMILES string of the molecule is N#CCc1ccc(Cl)c(Oc2ccc(F)cc2)c1. The molecule has 0 unspecified atom stereocenters. The summed E-state index contributed by atoms with van der Waals surface area (Å²) in [5.41, 5.74) is 0.819. The van der Waals surface area contributed by atoms with Crippen LogP contribution in [0.4, 0.5) is 4.39 Å². The molecule has 0 aromatic heterocycles. The van der Waals surface area contributed by atoms with Crippen molar-refractivity contribution < 1.29 is 9.13 Å². The molecule has 2 aromatic carbocycles. The first-order valence-corrected chi connectivity index (χ1v) is 5.65. The standard InChI is InChI=1S/C14H9ClFNO/c15-13-6-1-10(7-8-17)9-14(13)18-12-4-2-11(16)3-5-12/h1-6,9H,7H2. The van der Waals surface area contributed by atoms with Gasteiger partial charge >= 0.3 is 0 Å². The molecule has 2 aromatic rings. The lowest BCUT2D eigenvalue weighted by Gasteiger charge is -2.08. The summed E-state index contributed by atoms with van der Waals surface area (Å²) >= 11 is 6.00. The summed E-state index contributed by atoms with van der Waals surface area (Å²) in [4.78, 5) is 0. The summed E-state index contributed by atoms with van der Waals surface area (Å²) in [5, 5.41) is 9.08. The van der Waals surface area contributed by atoms with E-state index in [1.165, 1.54) is 24.3 Å². The van der Waals surface area contributed by atoms with Crippen molar-refractivity contribution in [3.05, 3.63) is 58.9 Å². The maximum atomic E-state index is 12.8. The third-order valence-corrected chi connectivity index (χ3v) is 2.63. The molecule has 4 heteroatoms. The largest absolute Gasteiger partial charge is 0.456 e. The van der Waals surface area contributed by atoms with Crippen molar-refractivity contribution in [2.45, 2.75) is 6.42 Å². The average molecular weight is 262 g/mol. The highest BCUT2D eigenvalue weighted by Gasteiger charge is 2.05. The van der Waals surface area contributed by atoms with E-state index in [0.717, 1.165) is 5.56 Å². The minimum absolute atomic E-state index is 0.289. The summed E-state index contributed by atoms with van der Waals surface area (Å²) in [6.45, 7) is 0. The Labute approximate surface area is 109 Å². The number of nitriles is 1. The van der Waals surface area contributed by atoms with Crippen molar-refractivity contribution in [1.82, 2.24) is 0 Å². The van der Waals surface area contributed by atoms with E-state index >= 15 is 0 Å². The van der Waals surface area contributed by atoms with Crippen molar-refractivity contribution in [2.24, 2.45) is 0 Å². The first kappa shape index (κ1) is 12.4. The van der Waals surface area contributed by atoms with E-state index in [-0.39, 0.29) is 12.2 Å². The Bertz CT molecular complexity index is 590. The minimum Gasteiger partial charge on any atom is -0.456 e. The van der Waals surface area contributed by atoms with Gasteiger partial charge in [0.2, 0.25) is 0 Å². The quantitative estimate of drug-likeness (QED) is 0.823. The van der Waals surface area contributed by atoms with Gasteiger partial charge in [-0.1, -0.05) is 17.7 Å². The Hall–Kier alpha value is -2.05.